The number of amides is 3. The Kier molecular flexibility index (Phi) is 12.7. The molecule has 1 unspecified atom stereocenters. The molecule has 3 N–H and O–H groups in total. The lowest BCUT2D eigenvalue weighted by atomic mass is 10.0. The quantitative estimate of drug-likeness (QED) is 0.0565. The zero-order chi connectivity index (χ0) is 39.1. The molecule has 2 aliphatic rings. The number of alkyl carbamates (subject to hydrolysis) is 1. The van der Waals surface area contributed by atoms with Crippen molar-refractivity contribution in [3.8, 4) is 11.3 Å². The number of ether oxygens (including phenoxy) is 1. The Hall–Kier alpha value is -5.50. The van der Waals surface area contributed by atoms with Gasteiger partial charge in [0.05, 0.1) is 49.2 Å². The molecule has 0 radical (unpaired) electrons. The fraction of sp³-hybridized carbons (Fsp3) is 0.463. The van der Waals surface area contributed by atoms with Crippen LogP contribution in [0.2, 0.25) is 0 Å². The second-order valence-electron chi connectivity index (χ2n) is 14.8. The van der Waals surface area contributed by atoms with E-state index >= 15 is 0 Å². The first kappa shape index (κ1) is 39.2. The van der Waals surface area contributed by atoms with Crippen molar-refractivity contribution in [1.29, 1.82) is 0 Å². The van der Waals surface area contributed by atoms with Crippen molar-refractivity contribution in [3.63, 3.8) is 0 Å². The third-order valence-electron chi connectivity index (χ3n) is 10.4. The van der Waals surface area contributed by atoms with Crippen LogP contribution in [0.1, 0.15) is 88.2 Å². The SMILES string of the molecule is COO/C=N\[C@H](C(=O)N1CCCC1c1ncc(-c2ccc(CC=Cc3ccc4[nH]c([C@@H]5CCCN5C(=O)[C@@H](NC(=O)OC)C(C)C)nc4c3)cc2)[nH]1)C(C)C. The van der Waals surface area contributed by atoms with Crippen LogP contribution < -0.4 is 5.32 Å². The molecule has 14 heteroatoms. The normalized spacial score (nSPS) is 18.6. The highest BCUT2D eigenvalue weighted by Crippen LogP contribution is 2.34. The lowest BCUT2D eigenvalue weighted by Gasteiger charge is -2.29. The fourth-order valence-corrected chi connectivity index (χ4v) is 7.44. The average Bonchev–Trinajstić information content (AvgIpc) is 4.01. The molecular weight excluding hydrogens is 701 g/mol. The van der Waals surface area contributed by atoms with E-state index in [1.54, 1.807) is 0 Å². The van der Waals surface area contributed by atoms with Crippen molar-refractivity contribution >= 4 is 41.4 Å². The molecule has 2 aromatic heterocycles. The first-order chi connectivity index (χ1) is 26.6. The predicted molar refractivity (Wildman–Crippen MR) is 210 cm³/mol. The molecule has 55 heavy (non-hydrogen) atoms. The van der Waals surface area contributed by atoms with Gasteiger partial charge < -0.3 is 34.7 Å². The Labute approximate surface area is 321 Å². The highest BCUT2D eigenvalue weighted by Gasteiger charge is 2.38. The van der Waals surface area contributed by atoms with Crippen LogP contribution in [0.3, 0.4) is 0 Å². The third-order valence-corrected chi connectivity index (χ3v) is 10.4. The monoisotopic (exact) mass is 752 g/mol. The van der Waals surface area contributed by atoms with Crippen molar-refractivity contribution in [3.05, 3.63) is 77.5 Å². The number of fused-ring (bicyclic) bond motifs is 1. The van der Waals surface area contributed by atoms with Gasteiger partial charge in [-0.3, -0.25) is 9.59 Å². The van der Waals surface area contributed by atoms with E-state index in [2.05, 4.69) is 72.6 Å². The summed E-state index contributed by atoms with van der Waals surface area (Å²) in [7, 11) is 2.69. The van der Waals surface area contributed by atoms with E-state index in [0.29, 0.717) is 13.1 Å². The number of aliphatic imine (C=N–C) groups is 1. The molecule has 0 saturated carbocycles. The third kappa shape index (κ3) is 9.07. The molecule has 0 bridgehead atoms. The molecule has 2 aromatic carbocycles. The van der Waals surface area contributed by atoms with E-state index in [0.717, 1.165) is 71.6 Å². The van der Waals surface area contributed by atoms with Crippen LogP contribution in [0.4, 0.5) is 4.79 Å². The van der Waals surface area contributed by atoms with Gasteiger partial charge in [-0.2, -0.15) is 4.89 Å². The average molecular weight is 753 g/mol. The highest BCUT2D eigenvalue weighted by atomic mass is 17.2. The van der Waals surface area contributed by atoms with Gasteiger partial charge in [0.25, 0.3) is 0 Å². The standard InChI is InChI=1S/C41H52N8O6/c1-25(2)35(43-24-55-54-6)39(50)48-20-8-12-33(48)37-42-23-32(46-37)29-17-14-27(15-18-29)10-7-11-28-16-19-30-31(22-28)45-38(44-30)34-13-9-21-49(34)40(51)36(26(3)4)47-41(52)53-5/h7,11,14-19,22-26,33-36H,8-10,12-13,20-21H2,1-6H3,(H,42,46)(H,44,45)(H,47,52)/b11-7?,43-24-/t33?,34-,35-,36-/m0/s1. The maximum Gasteiger partial charge on any atom is 0.407 e. The molecule has 0 spiro atoms. The second kappa shape index (κ2) is 17.8. The number of H-pyrrole nitrogens is 2. The minimum atomic E-state index is -0.678. The van der Waals surface area contributed by atoms with E-state index in [9.17, 15) is 14.4 Å². The number of rotatable bonds is 14. The number of allylic oxidation sites excluding steroid dienone is 1. The minimum absolute atomic E-state index is 0.00399. The Morgan fingerprint density at radius 2 is 1.64 bits per heavy atom. The first-order valence-corrected chi connectivity index (χ1v) is 19.0. The maximum absolute atomic E-state index is 13.5. The number of carbonyl (C=O) groups is 3. The molecule has 6 rings (SSSR count). The van der Waals surface area contributed by atoms with Gasteiger partial charge in [-0.25, -0.2) is 19.8 Å². The van der Waals surface area contributed by atoms with Gasteiger partial charge in [-0.1, -0.05) is 70.2 Å². The number of imidazole rings is 2. The van der Waals surface area contributed by atoms with Crippen molar-refractivity contribution < 1.29 is 28.9 Å². The molecule has 2 aliphatic heterocycles. The van der Waals surface area contributed by atoms with Crippen LogP contribution in [-0.4, -0.2) is 93.4 Å². The number of benzene rings is 2. The summed E-state index contributed by atoms with van der Waals surface area (Å²) >= 11 is 0. The van der Waals surface area contributed by atoms with Crippen LogP contribution in [0.5, 0.6) is 0 Å². The fourth-order valence-electron chi connectivity index (χ4n) is 7.44. The van der Waals surface area contributed by atoms with Crippen molar-refractivity contribution in [1.82, 2.24) is 35.1 Å². The maximum atomic E-state index is 13.5. The molecule has 14 nitrogen and oxygen atoms in total. The minimum Gasteiger partial charge on any atom is -0.453 e. The van der Waals surface area contributed by atoms with E-state index in [-0.39, 0.29) is 35.7 Å². The number of hydrogen-bond acceptors (Lipinski definition) is 9. The van der Waals surface area contributed by atoms with E-state index in [4.69, 9.17) is 14.6 Å². The number of likely N-dealkylation sites (tertiary alicyclic amines) is 2. The van der Waals surface area contributed by atoms with Crippen molar-refractivity contribution in [2.75, 3.05) is 27.3 Å². The molecule has 0 aliphatic carbocycles. The molecule has 4 aromatic rings. The van der Waals surface area contributed by atoms with Gasteiger partial charge in [-0.05, 0) is 72.8 Å². The van der Waals surface area contributed by atoms with Crippen LogP contribution in [-0.2, 0) is 30.5 Å². The van der Waals surface area contributed by atoms with Crippen LogP contribution in [0, 0.1) is 11.8 Å². The van der Waals surface area contributed by atoms with Gasteiger partial charge in [-0.15, -0.1) is 0 Å². The summed E-state index contributed by atoms with van der Waals surface area (Å²) in [6, 6.07) is 12.9. The number of aromatic amines is 2. The predicted octanol–water partition coefficient (Wildman–Crippen LogP) is 6.55. The van der Waals surface area contributed by atoms with E-state index in [1.807, 2.05) is 55.8 Å². The summed E-state index contributed by atoms with van der Waals surface area (Å²) in [6.07, 6.45) is 10.8. The van der Waals surface area contributed by atoms with Crippen LogP contribution >= 0.6 is 0 Å². The Morgan fingerprint density at radius 1 is 0.927 bits per heavy atom. The topological polar surface area (TPSA) is 167 Å². The lowest BCUT2D eigenvalue weighted by molar-refractivity contribution is -0.188. The summed E-state index contributed by atoms with van der Waals surface area (Å²) in [6.45, 7) is 9.00. The van der Waals surface area contributed by atoms with E-state index < -0.39 is 18.2 Å². The molecule has 4 heterocycles. The van der Waals surface area contributed by atoms with Gasteiger partial charge in [0.1, 0.15) is 23.7 Å². The van der Waals surface area contributed by atoms with Gasteiger partial charge in [0, 0.05) is 13.1 Å². The summed E-state index contributed by atoms with van der Waals surface area (Å²) in [5.41, 5.74) is 5.86. The Bertz CT molecular complexity index is 2000. The number of methoxy groups -OCH3 is 1. The highest BCUT2D eigenvalue weighted by molar-refractivity contribution is 5.87. The molecule has 2 saturated heterocycles. The Morgan fingerprint density at radius 3 is 2.31 bits per heavy atom. The van der Waals surface area contributed by atoms with Crippen LogP contribution in [0.15, 0.2) is 59.7 Å². The number of aromatic nitrogens is 4. The summed E-state index contributed by atoms with van der Waals surface area (Å²) < 4.78 is 4.76. The Balaban J connectivity index is 1.07. The zero-order valence-electron chi connectivity index (χ0n) is 32.5. The lowest BCUT2D eigenvalue weighted by Crippen LogP contribution is -2.51. The number of nitrogens with zero attached hydrogens (tertiary/aromatic N) is 5. The molecule has 2 fully saturated rings. The largest absolute Gasteiger partial charge is 0.453 e. The summed E-state index contributed by atoms with van der Waals surface area (Å²) in [4.78, 5) is 72.9. The molecule has 3 amide bonds. The van der Waals surface area contributed by atoms with Crippen LogP contribution in [0.25, 0.3) is 28.4 Å². The molecule has 4 atom stereocenters. The second-order valence-corrected chi connectivity index (χ2v) is 14.8. The van der Waals surface area contributed by atoms with Gasteiger partial charge in [0.15, 0.2) is 0 Å². The molecular formula is C41H52N8O6. The van der Waals surface area contributed by atoms with Gasteiger partial charge in [0.2, 0.25) is 18.2 Å². The summed E-state index contributed by atoms with van der Waals surface area (Å²) in [5.74, 6) is 1.25. The number of nitrogens with one attached hydrogen (secondary N) is 3. The number of hydrogen-bond donors (Lipinski definition) is 3. The summed E-state index contributed by atoms with van der Waals surface area (Å²) in [5, 5.41) is 2.70. The first-order valence-electron chi connectivity index (χ1n) is 19.0. The van der Waals surface area contributed by atoms with Crippen molar-refractivity contribution in [2.24, 2.45) is 16.8 Å². The smallest absolute Gasteiger partial charge is 0.407 e. The number of carbonyl (C=O) groups excluding carboxylic acids is 3. The van der Waals surface area contributed by atoms with Crippen molar-refractivity contribution in [2.45, 2.75) is 84.0 Å². The van der Waals surface area contributed by atoms with Gasteiger partial charge >= 0.3 is 6.09 Å². The molecule has 292 valence electrons. The van der Waals surface area contributed by atoms with E-state index in [1.165, 1.54) is 26.2 Å². The zero-order valence-corrected chi connectivity index (χ0v) is 32.5.